The van der Waals surface area contributed by atoms with Gasteiger partial charge in [0.05, 0.1) is 5.92 Å². The molecule has 3 unspecified atom stereocenters. The van der Waals surface area contributed by atoms with Crippen LogP contribution in [0.2, 0.25) is 0 Å². The normalized spacial score (nSPS) is 29.2. The summed E-state index contributed by atoms with van der Waals surface area (Å²) >= 11 is 5.18. The van der Waals surface area contributed by atoms with E-state index in [1.54, 1.807) is 11.3 Å². The Bertz CT molecular complexity index is 402. The SMILES string of the molecule is CCC1CCC(C(=O)O)C(c2cscc2Br)C1. The van der Waals surface area contributed by atoms with E-state index in [9.17, 15) is 9.90 Å². The molecule has 1 fully saturated rings. The second-order valence-electron chi connectivity index (χ2n) is 4.81. The first-order valence-corrected chi connectivity index (χ1v) is 7.81. The van der Waals surface area contributed by atoms with Crippen molar-refractivity contribution in [1.82, 2.24) is 0 Å². The second-order valence-corrected chi connectivity index (χ2v) is 6.41. The molecule has 0 bridgehead atoms. The van der Waals surface area contributed by atoms with Gasteiger partial charge < -0.3 is 5.11 Å². The maximum absolute atomic E-state index is 11.4. The summed E-state index contributed by atoms with van der Waals surface area (Å²) in [6, 6.07) is 0. The van der Waals surface area contributed by atoms with Gasteiger partial charge in [-0.05, 0) is 58.0 Å². The van der Waals surface area contributed by atoms with Crippen LogP contribution in [0.25, 0.3) is 0 Å². The standard InChI is InChI=1S/C13H17BrO2S/c1-2-8-3-4-9(13(15)16)10(5-8)11-6-17-7-12(11)14/h6-10H,2-5H2,1H3,(H,15,16). The molecule has 0 aromatic carbocycles. The molecule has 1 saturated carbocycles. The third-order valence-electron chi connectivity index (χ3n) is 3.90. The Hall–Kier alpha value is -0.350. The maximum atomic E-state index is 11.4. The van der Waals surface area contributed by atoms with E-state index in [1.807, 2.05) is 5.38 Å². The van der Waals surface area contributed by atoms with E-state index in [4.69, 9.17) is 0 Å². The molecule has 17 heavy (non-hydrogen) atoms. The number of carbonyl (C=O) groups is 1. The van der Waals surface area contributed by atoms with Gasteiger partial charge >= 0.3 is 5.97 Å². The molecular formula is C13H17BrO2S. The minimum Gasteiger partial charge on any atom is -0.481 e. The van der Waals surface area contributed by atoms with E-state index >= 15 is 0 Å². The summed E-state index contributed by atoms with van der Waals surface area (Å²) in [4.78, 5) is 11.4. The van der Waals surface area contributed by atoms with Crippen molar-refractivity contribution in [3.63, 3.8) is 0 Å². The summed E-state index contributed by atoms with van der Waals surface area (Å²) in [5.74, 6) is 0.0283. The highest BCUT2D eigenvalue weighted by Crippen LogP contribution is 2.44. The molecule has 1 aliphatic carbocycles. The summed E-state index contributed by atoms with van der Waals surface area (Å²) in [5.41, 5.74) is 1.19. The highest BCUT2D eigenvalue weighted by Gasteiger charge is 2.36. The van der Waals surface area contributed by atoms with E-state index in [0.29, 0.717) is 5.92 Å². The highest BCUT2D eigenvalue weighted by atomic mass is 79.9. The van der Waals surface area contributed by atoms with Gasteiger partial charge in [0.15, 0.2) is 0 Å². The predicted octanol–water partition coefficient (Wildman–Crippen LogP) is 4.51. The van der Waals surface area contributed by atoms with Crippen molar-refractivity contribution in [3.8, 4) is 0 Å². The fourth-order valence-electron chi connectivity index (χ4n) is 2.82. The Balaban J connectivity index is 2.25. The van der Waals surface area contributed by atoms with E-state index in [-0.39, 0.29) is 11.8 Å². The third kappa shape index (κ3) is 2.74. The van der Waals surface area contributed by atoms with Gasteiger partial charge in [-0.2, -0.15) is 11.3 Å². The molecule has 0 aliphatic heterocycles. The number of aliphatic carboxylic acids is 1. The molecule has 0 radical (unpaired) electrons. The Morgan fingerprint density at radius 2 is 2.29 bits per heavy atom. The molecule has 1 heterocycles. The lowest BCUT2D eigenvalue weighted by molar-refractivity contribution is -0.143. The van der Waals surface area contributed by atoms with Crippen molar-refractivity contribution in [2.24, 2.45) is 11.8 Å². The molecule has 0 amide bonds. The van der Waals surface area contributed by atoms with Gasteiger partial charge in [-0.15, -0.1) is 0 Å². The molecule has 3 atom stereocenters. The molecule has 4 heteroatoms. The van der Waals surface area contributed by atoms with Gasteiger partial charge in [-0.3, -0.25) is 4.79 Å². The fourth-order valence-corrected chi connectivity index (χ4v) is 4.48. The van der Waals surface area contributed by atoms with Crippen LogP contribution in [-0.4, -0.2) is 11.1 Å². The van der Waals surface area contributed by atoms with Gasteiger partial charge in [-0.25, -0.2) is 0 Å². The molecule has 1 aromatic rings. The average Bonchev–Trinajstić information content (AvgIpc) is 2.74. The van der Waals surface area contributed by atoms with E-state index in [2.05, 4.69) is 28.2 Å². The van der Waals surface area contributed by atoms with E-state index in [0.717, 1.165) is 30.2 Å². The van der Waals surface area contributed by atoms with Crippen LogP contribution in [0.3, 0.4) is 0 Å². The molecule has 0 saturated heterocycles. The number of thiophene rings is 1. The molecule has 1 N–H and O–H groups in total. The van der Waals surface area contributed by atoms with Crippen molar-refractivity contribution in [2.75, 3.05) is 0 Å². The lowest BCUT2D eigenvalue weighted by atomic mass is 9.71. The van der Waals surface area contributed by atoms with Gasteiger partial charge in [0.25, 0.3) is 0 Å². The summed E-state index contributed by atoms with van der Waals surface area (Å²) in [6.45, 7) is 2.20. The number of hydrogen-bond acceptors (Lipinski definition) is 2. The Labute approximate surface area is 114 Å². The first-order chi connectivity index (χ1) is 8.13. The largest absolute Gasteiger partial charge is 0.481 e. The number of hydrogen-bond donors (Lipinski definition) is 1. The van der Waals surface area contributed by atoms with Gasteiger partial charge in [0, 0.05) is 9.85 Å². The minimum absolute atomic E-state index is 0.187. The van der Waals surface area contributed by atoms with Gasteiger partial charge in [0.1, 0.15) is 0 Å². The number of halogens is 1. The Morgan fingerprint density at radius 3 is 2.82 bits per heavy atom. The second kappa shape index (κ2) is 5.53. The monoisotopic (exact) mass is 316 g/mol. The zero-order chi connectivity index (χ0) is 12.4. The smallest absolute Gasteiger partial charge is 0.307 e. The van der Waals surface area contributed by atoms with Crippen LogP contribution in [-0.2, 0) is 4.79 Å². The van der Waals surface area contributed by atoms with Crippen molar-refractivity contribution >= 4 is 33.2 Å². The van der Waals surface area contributed by atoms with Gasteiger partial charge in [-0.1, -0.05) is 13.3 Å². The summed E-state index contributed by atoms with van der Waals surface area (Å²) in [7, 11) is 0. The van der Waals surface area contributed by atoms with Crippen LogP contribution in [0.4, 0.5) is 0 Å². The predicted molar refractivity (Wildman–Crippen MR) is 73.5 cm³/mol. The first kappa shape index (κ1) is 13.1. The van der Waals surface area contributed by atoms with Crippen LogP contribution < -0.4 is 0 Å². The van der Waals surface area contributed by atoms with Crippen molar-refractivity contribution in [1.29, 1.82) is 0 Å². The molecule has 1 aromatic heterocycles. The van der Waals surface area contributed by atoms with E-state index in [1.165, 1.54) is 5.56 Å². The van der Waals surface area contributed by atoms with Crippen LogP contribution in [0, 0.1) is 11.8 Å². The van der Waals surface area contributed by atoms with Crippen LogP contribution in [0.5, 0.6) is 0 Å². The zero-order valence-electron chi connectivity index (χ0n) is 9.86. The summed E-state index contributed by atoms with van der Waals surface area (Å²) in [5, 5.41) is 13.5. The van der Waals surface area contributed by atoms with Crippen LogP contribution >= 0.6 is 27.3 Å². The molecule has 0 spiro atoms. The molecule has 94 valence electrons. The number of carboxylic acid groups (broad SMARTS) is 1. The minimum atomic E-state index is -0.636. The number of carboxylic acids is 1. The maximum Gasteiger partial charge on any atom is 0.307 e. The third-order valence-corrected chi connectivity index (χ3v) is 5.65. The topological polar surface area (TPSA) is 37.3 Å². The lowest BCUT2D eigenvalue weighted by Gasteiger charge is -2.33. The zero-order valence-corrected chi connectivity index (χ0v) is 12.3. The van der Waals surface area contributed by atoms with Gasteiger partial charge in [0.2, 0.25) is 0 Å². The average molecular weight is 317 g/mol. The van der Waals surface area contributed by atoms with Crippen molar-refractivity contribution in [3.05, 3.63) is 20.8 Å². The quantitative estimate of drug-likeness (QED) is 0.891. The summed E-state index contributed by atoms with van der Waals surface area (Å²) in [6.07, 6.45) is 4.06. The lowest BCUT2D eigenvalue weighted by Crippen LogP contribution is -2.29. The fraction of sp³-hybridized carbons (Fsp3) is 0.615. The molecule has 1 aliphatic rings. The van der Waals surface area contributed by atoms with Crippen LogP contribution in [0.1, 0.15) is 44.1 Å². The molecular weight excluding hydrogens is 300 g/mol. The highest BCUT2D eigenvalue weighted by molar-refractivity contribution is 9.10. The van der Waals surface area contributed by atoms with Crippen molar-refractivity contribution < 1.29 is 9.90 Å². The summed E-state index contributed by atoms with van der Waals surface area (Å²) < 4.78 is 1.08. The number of rotatable bonds is 3. The molecule has 2 nitrogen and oxygen atoms in total. The van der Waals surface area contributed by atoms with Crippen molar-refractivity contribution in [2.45, 2.75) is 38.5 Å². The van der Waals surface area contributed by atoms with Crippen LogP contribution in [0.15, 0.2) is 15.2 Å². The first-order valence-electron chi connectivity index (χ1n) is 6.07. The Morgan fingerprint density at radius 1 is 1.53 bits per heavy atom. The Kier molecular flexibility index (Phi) is 4.26. The van der Waals surface area contributed by atoms with E-state index < -0.39 is 5.97 Å². The molecule has 2 rings (SSSR count).